The SMILES string of the molecule is Cc1ccc(CN(C)CC(C(N)=S)c2ccccc2)o1. The van der Waals surface area contributed by atoms with Gasteiger partial charge in [-0.15, -0.1) is 0 Å². The molecule has 0 spiro atoms. The van der Waals surface area contributed by atoms with Crippen LogP contribution in [-0.4, -0.2) is 23.5 Å². The lowest BCUT2D eigenvalue weighted by atomic mass is 9.98. The van der Waals surface area contributed by atoms with Gasteiger partial charge in [0.15, 0.2) is 0 Å². The van der Waals surface area contributed by atoms with Crippen LogP contribution in [0.3, 0.4) is 0 Å². The van der Waals surface area contributed by atoms with Crippen molar-refractivity contribution in [1.29, 1.82) is 0 Å². The summed E-state index contributed by atoms with van der Waals surface area (Å²) in [6, 6.07) is 14.1. The van der Waals surface area contributed by atoms with Gasteiger partial charge in [-0.25, -0.2) is 0 Å². The lowest BCUT2D eigenvalue weighted by Gasteiger charge is -2.23. The van der Waals surface area contributed by atoms with Crippen LogP contribution in [0.2, 0.25) is 0 Å². The van der Waals surface area contributed by atoms with E-state index in [0.29, 0.717) is 4.99 Å². The zero-order valence-electron chi connectivity index (χ0n) is 11.9. The predicted molar refractivity (Wildman–Crippen MR) is 85.7 cm³/mol. The molecule has 1 unspecified atom stereocenters. The van der Waals surface area contributed by atoms with Gasteiger partial charge in [0, 0.05) is 12.5 Å². The van der Waals surface area contributed by atoms with E-state index in [9.17, 15) is 0 Å². The molecule has 0 radical (unpaired) electrons. The first-order chi connectivity index (χ1) is 9.56. The fraction of sp³-hybridized carbons (Fsp3) is 0.312. The number of nitrogens with zero attached hydrogens (tertiary/aromatic N) is 1. The van der Waals surface area contributed by atoms with Gasteiger partial charge in [0.2, 0.25) is 0 Å². The van der Waals surface area contributed by atoms with Crippen molar-refractivity contribution in [2.75, 3.05) is 13.6 Å². The normalized spacial score (nSPS) is 12.6. The smallest absolute Gasteiger partial charge is 0.118 e. The van der Waals surface area contributed by atoms with Crippen molar-refractivity contribution in [3.05, 3.63) is 59.5 Å². The van der Waals surface area contributed by atoms with Crippen LogP contribution >= 0.6 is 12.2 Å². The highest BCUT2D eigenvalue weighted by molar-refractivity contribution is 7.80. The second-order valence-electron chi connectivity index (χ2n) is 5.07. The predicted octanol–water partition coefficient (Wildman–Crippen LogP) is 3.09. The highest BCUT2D eigenvalue weighted by Gasteiger charge is 2.17. The highest BCUT2D eigenvalue weighted by atomic mass is 32.1. The van der Waals surface area contributed by atoms with Gasteiger partial charge in [-0.2, -0.15) is 0 Å². The number of hydrogen-bond acceptors (Lipinski definition) is 3. The Bertz CT molecular complexity index is 565. The van der Waals surface area contributed by atoms with Crippen LogP contribution < -0.4 is 5.73 Å². The molecule has 20 heavy (non-hydrogen) atoms. The monoisotopic (exact) mass is 288 g/mol. The molecule has 2 rings (SSSR count). The molecule has 0 aliphatic heterocycles. The Balaban J connectivity index is 2.03. The van der Waals surface area contributed by atoms with Crippen LogP contribution in [0.5, 0.6) is 0 Å². The lowest BCUT2D eigenvalue weighted by Crippen LogP contribution is -2.31. The average Bonchev–Trinajstić information content (AvgIpc) is 2.82. The van der Waals surface area contributed by atoms with Gasteiger partial charge >= 0.3 is 0 Å². The van der Waals surface area contributed by atoms with E-state index in [1.807, 2.05) is 44.3 Å². The quantitative estimate of drug-likeness (QED) is 0.830. The molecule has 1 atom stereocenters. The molecular formula is C16H20N2OS. The maximum atomic E-state index is 5.90. The molecule has 106 valence electrons. The third kappa shape index (κ3) is 3.92. The standard InChI is InChI=1S/C16H20N2OS/c1-12-8-9-14(19-12)10-18(2)11-15(16(17)20)13-6-4-3-5-7-13/h3-9,15H,10-11H2,1-2H3,(H2,17,20). The Labute approximate surface area is 125 Å². The summed E-state index contributed by atoms with van der Waals surface area (Å²) in [6.07, 6.45) is 0. The van der Waals surface area contributed by atoms with Crippen molar-refractivity contribution in [3.8, 4) is 0 Å². The van der Waals surface area contributed by atoms with Crippen molar-refractivity contribution < 1.29 is 4.42 Å². The van der Waals surface area contributed by atoms with Crippen molar-refractivity contribution in [1.82, 2.24) is 4.90 Å². The van der Waals surface area contributed by atoms with E-state index in [-0.39, 0.29) is 5.92 Å². The molecular weight excluding hydrogens is 268 g/mol. The van der Waals surface area contributed by atoms with Crippen molar-refractivity contribution in [2.24, 2.45) is 5.73 Å². The fourth-order valence-corrected chi connectivity index (χ4v) is 2.47. The molecule has 0 aliphatic carbocycles. The third-order valence-electron chi connectivity index (χ3n) is 3.26. The largest absolute Gasteiger partial charge is 0.465 e. The summed E-state index contributed by atoms with van der Waals surface area (Å²) in [5.74, 6) is 1.95. The molecule has 2 aromatic rings. The van der Waals surface area contributed by atoms with E-state index < -0.39 is 0 Å². The number of aryl methyl sites for hydroxylation is 1. The topological polar surface area (TPSA) is 42.4 Å². The van der Waals surface area contributed by atoms with Crippen LogP contribution in [0.25, 0.3) is 0 Å². The van der Waals surface area contributed by atoms with E-state index in [4.69, 9.17) is 22.4 Å². The van der Waals surface area contributed by atoms with E-state index in [1.54, 1.807) is 0 Å². The first kappa shape index (κ1) is 14.8. The molecule has 0 amide bonds. The Hall–Kier alpha value is -1.65. The van der Waals surface area contributed by atoms with Crippen LogP contribution in [0.15, 0.2) is 46.9 Å². The Morgan fingerprint density at radius 2 is 1.95 bits per heavy atom. The summed E-state index contributed by atoms with van der Waals surface area (Å²) in [5.41, 5.74) is 7.05. The minimum Gasteiger partial charge on any atom is -0.465 e. The molecule has 0 saturated heterocycles. The van der Waals surface area contributed by atoms with E-state index >= 15 is 0 Å². The van der Waals surface area contributed by atoms with Gasteiger partial charge in [0.05, 0.1) is 11.5 Å². The van der Waals surface area contributed by atoms with Crippen molar-refractivity contribution in [2.45, 2.75) is 19.4 Å². The Kier molecular flexibility index (Phi) is 4.93. The molecule has 1 aromatic heterocycles. The summed E-state index contributed by atoms with van der Waals surface area (Å²) in [5, 5.41) is 0. The number of hydrogen-bond donors (Lipinski definition) is 1. The zero-order chi connectivity index (χ0) is 14.5. The number of nitrogens with two attached hydrogens (primary N) is 1. The van der Waals surface area contributed by atoms with Gasteiger partial charge in [0.1, 0.15) is 11.5 Å². The van der Waals surface area contributed by atoms with Crippen LogP contribution in [0, 0.1) is 6.92 Å². The van der Waals surface area contributed by atoms with Crippen LogP contribution in [0.4, 0.5) is 0 Å². The minimum absolute atomic E-state index is 0.0623. The van der Waals surface area contributed by atoms with Gasteiger partial charge in [-0.05, 0) is 31.7 Å². The molecule has 0 bridgehead atoms. The molecule has 2 N–H and O–H groups in total. The number of benzene rings is 1. The first-order valence-corrected chi connectivity index (χ1v) is 7.05. The summed E-state index contributed by atoms with van der Waals surface area (Å²) in [7, 11) is 2.05. The van der Waals surface area contributed by atoms with Gasteiger partial charge in [-0.1, -0.05) is 42.5 Å². The fourth-order valence-electron chi connectivity index (χ4n) is 2.26. The van der Waals surface area contributed by atoms with E-state index in [2.05, 4.69) is 17.0 Å². The minimum atomic E-state index is 0.0623. The van der Waals surface area contributed by atoms with Gasteiger partial charge in [0.25, 0.3) is 0 Å². The van der Waals surface area contributed by atoms with Crippen molar-refractivity contribution >= 4 is 17.2 Å². The maximum absolute atomic E-state index is 5.90. The molecule has 3 nitrogen and oxygen atoms in total. The summed E-state index contributed by atoms with van der Waals surface area (Å²) >= 11 is 5.21. The van der Waals surface area contributed by atoms with Crippen molar-refractivity contribution in [3.63, 3.8) is 0 Å². The second kappa shape index (κ2) is 6.68. The second-order valence-corrected chi connectivity index (χ2v) is 5.55. The maximum Gasteiger partial charge on any atom is 0.118 e. The van der Waals surface area contributed by atoms with E-state index in [0.717, 1.165) is 30.2 Å². The van der Waals surface area contributed by atoms with E-state index in [1.165, 1.54) is 0 Å². The lowest BCUT2D eigenvalue weighted by molar-refractivity contribution is 0.290. The zero-order valence-corrected chi connectivity index (χ0v) is 12.7. The number of furan rings is 1. The molecule has 0 fully saturated rings. The molecule has 1 aromatic carbocycles. The van der Waals surface area contributed by atoms with Crippen LogP contribution in [-0.2, 0) is 6.54 Å². The summed E-state index contributed by atoms with van der Waals surface area (Å²) < 4.78 is 5.60. The Morgan fingerprint density at radius 1 is 1.25 bits per heavy atom. The first-order valence-electron chi connectivity index (χ1n) is 6.64. The molecule has 1 heterocycles. The highest BCUT2D eigenvalue weighted by Crippen LogP contribution is 2.18. The molecule has 0 saturated carbocycles. The third-order valence-corrected chi connectivity index (χ3v) is 3.55. The molecule has 4 heteroatoms. The van der Waals surface area contributed by atoms with Crippen LogP contribution in [0.1, 0.15) is 23.0 Å². The number of likely N-dealkylation sites (N-methyl/N-ethyl adjacent to an activating group) is 1. The van der Waals surface area contributed by atoms with Gasteiger partial charge < -0.3 is 10.2 Å². The summed E-state index contributed by atoms with van der Waals surface area (Å²) in [6.45, 7) is 3.48. The van der Waals surface area contributed by atoms with Gasteiger partial charge in [-0.3, -0.25) is 4.90 Å². The average molecular weight is 288 g/mol. The number of rotatable bonds is 6. The molecule has 0 aliphatic rings. The number of thiocarbonyl (C=S) groups is 1. The summed E-state index contributed by atoms with van der Waals surface area (Å²) in [4.78, 5) is 2.70. The Morgan fingerprint density at radius 3 is 2.50 bits per heavy atom.